The third-order valence-electron chi connectivity index (χ3n) is 2.28. The van der Waals surface area contributed by atoms with E-state index < -0.39 is 0 Å². The summed E-state index contributed by atoms with van der Waals surface area (Å²) in [5.74, 6) is 2.09. The molecule has 7 nitrogen and oxygen atoms in total. The molecular formula is C10H15N7. The Hall–Kier alpha value is -2.02. The summed E-state index contributed by atoms with van der Waals surface area (Å²) in [6, 6.07) is 0. The molecule has 0 bridgehead atoms. The number of H-pyrrole nitrogens is 1. The lowest BCUT2D eigenvalue weighted by Crippen LogP contribution is -2.10. The summed E-state index contributed by atoms with van der Waals surface area (Å²) in [5.41, 5.74) is 12.7. The molecule has 0 unspecified atom stereocenters. The molecular weight excluding hydrogens is 218 g/mol. The van der Waals surface area contributed by atoms with Crippen molar-refractivity contribution < 1.29 is 0 Å². The maximum Gasteiger partial charge on any atom is 0.223 e. The predicted octanol–water partition coefficient (Wildman–Crippen LogP) is -0.0381. The van der Waals surface area contributed by atoms with Gasteiger partial charge in [0.25, 0.3) is 0 Å². The molecule has 5 N–H and O–H groups in total. The minimum atomic E-state index is 0.193. The van der Waals surface area contributed by atoms with Crippen molar-refractivity contribution in [2.24, 2.45) is 5.73 Å². The van der Waals surface area contributed by atoms with Crippen molar-refractivity contribution in [3.8, 4) is 11.5 Å². The Bertz CT molecular complexity index is 531. The fourth-order valence-corrected chi connectivity index (χ4v) is 1.61. The first-order chi connectivity index (χ1) is 8.10. The Kier molecular flexibility index (Phi) is 3.01. The second-order valence-corrected chi connectivity index (χ2v) is 3.77. The summed E-state index contributed by atoms with van der Waals surface area (Å²) in [5, 5.41) is 0. The molecule has 2 aromatic heterocycles. The number of hydrogen-bond acceptors (Lipinski definition) is 6. The van der Waals surface area contributed by atoms with Crippen LogP contribution in [0.4, 0.5) is 5.95 Å². The zero-order chi connectivity index (χ0) is 12.4. The van der Waals surface area contributed by atoms with Crippen molar-refractivity contribution in [3.63, 3.8) is 0 Å². The number of anilines is 1. The number of nitrogen functional groups attached to an aromatic ring is 1. The van der Waals surface area contributed by atoms with Crippen molar-refractivity contribution in [1.82, 2.24) is 24.9 Å². The van der Waals surface area contributed by atoms with Gasteiger partial charge in [0, 0.05) is 12.1 Å². The average Bonchev–Trinajstić information content (AvgIpc) is 2.57. The Morgan fingerprint density at radius 3 is 2.47 bits per heavy atom. The summed E-state index contributed by atoms with van der Waals surface area (Å²) in [6.45, 7) is 4.27. The normalized spacial score (nSPS) is 10.8. The van der Waals surface area contributed by atoms with Crippen molar-refractivity contribution in [2.45, 2.75) is 20.3 Å². The highest BCUT2D eigenvalue weighted by Crippen LogP contribution is 2.17. The van der Waals surface area contributed by atoms with E-state index in [2.05, 4.69) is 24.9 Å². The lowest BCUT2D eigenvalue weighted by Gasteiger charge is -2.02. The molecule has 0 amide bonds. The molecule has 2 aromatic rings. The number of hydrogen-bond donors (Lipinski definition) is 3. The maximum absolute atomic E-state index is 5.64. The molecule has 0 aliphatic heterocycles. The van der Waals surface area contributed by atoms with Gasteiger partial charge in [-0.3, -0.25) is 0 Å². The van der Waals surface area contributed by atoms with Gasteiger partial charge in [-0.15, -0.1) is 0 Å². The first kappa shape index (κ1) is 11.5. The van der Waals surface area contributed by atoms with Gasteiger partial charge in [0.15, 0.2) is 5.82 Å². The molecule has 0 aliphatic carbocycles. The van der Waals surface area contributed by atoms with E-state index in [1.807, 2.05) is 13.8 Å². The highest BCUT2D eigenvalue weighted by Gasteiger charge is 2.12. The van der Waals surface area contributed by atoms with E-state index >= 15 is 0 Å². The van der Waals surface area contributed by atoms with E-state index in [0.717, 1.165) is 11.5 Å². The lowest BCUT2D eigenvalue weighted by molar-refractivity contribution is 0.852. The zero-order valence-electron chi connectivity index (χ0n) is 9.86. The highest BCUT2D eigenvalue weighted by molar-refractivity contribution is 5.53. The molecule has 0 saturated heterocycles. The second kappa shape index (κ2) is 4.46. The Morgan fingerprint density at radius 2 is 1.88 bits per heavy atom. The molecule has 2 rings (SSSR count). The molecule has 0 spiro atoms. The van der Waals surface area contributed by atoms with Crippen LogP contribution in [0.5, 0.6) is 0 Å². The summed E-state index contributed by atoms with van der Waals surface area (Å²) in [6.07, 6.45) is 0.572. The Morgan fingerprint density at radius 1 is 1.12 bits per heavy atom. The molecule has 0 radical (unpaired) electrons. The van der Waals surface area contributed by atoms with Crippen LogP contribution in [0.2, 0.25) is 0 Å². The number of rotatable bonds is 3. The molecule has 0 atom stereocenters. The number of nitrogens with zero attached hydrogens (tertiary/aromatic N) is 4. The topological polar surface area (TPSA) is 119 Å². The Balaban J connectivity index is 2.48. The van der Waals surface area contributed by atoms with Crippen LogP contribution in [-0.2, 0) is 6.42 Å². The van der Waals surface area contributed by atoms with Crippen LogP contribution in [0.25, 0.3) is 11.5 Å². The van der Waals surface area contributed by atoms with Crippen molar-refractivity contribution in [3.05, 3.63) is 17.3 Å². The molecule has 0 saturated carbocycles. The number of aromatic nitrogens is 5. The van der Waals surface area contributed by atoms with Crippen molar-refractivity contribution in [1.29, 1.82) is 0 Å². The predicted molar refractivity (Wildman–Crippen MR) is 64.1 cm³/mol. The first-order valence-electron chi connectivity index (χ1n) is 5.34. The summed E-state index contributed by atoms with van der Waals surface area (Å²) < 4.78 is 0. The average molecular weight is 233 g/mol. The maximum atomic E-state index is 5.64. The number of aryl methyl sites for hydroxylation is 2. The number of imidazole rings is 1. The monoisotopic (exact) mass is 233 g/mol. The zero-order valence-corrected chi connectivity index (χ0v) is 9.86. The summed E-state index contributed by atoms with van der Waals surface area (Å²) in [4.78, 5) is 19.8. The van der Waals surface area contributed by atoms with Gasteiger partial charge in [0.1, 0.15) is 17.3 Å². The van der Waals surface area contributed by atoms with Gasteiger partial charge >= 0.3 is 0 Å². The van der Waals surface area contributed by atoms with E-state index in [0.29, 0.717) is 30.3 Å². The Labute approximate surface area is 98.7 Å². The van der Waals surface area contributed by atoms with Crippen LogP contribution >= 0.6 is 0 Å². The van der Waals surface area contributed by atoms with Gasteiger partial charge in [0.2, 0.25) is 5.95 Å². The number of nitrogens with one attached hydrogen (secondary N) is 1. The molecule has 0 fully saturated rings. The minimum absolute atomic E-state index is 0.193. The third-order valence-corrected chi connectivity index (χ3v) is 2.28. The van der Waals surface area contributed by atoms with Gasteiger partial charge in [0.05, 0.1) is 0 Å². The lowest BCUT2D eigenvalue weighted by atomic mass is 10.3. The smallest absolute Gasteiger partial charge is 0.223 e. The van der Waals surface area contributed by atoms with E-state index in [1.165, 1.54) is 0 Å². The quantitative estimate of drug-likeness (QED) is 0.684. The second-order valence-electron chi connectivity index (χ2n) is 3.77. The third kappa shape index (κ3) is 2.39. The van der Waals surface area contributed by atoms with Crippen molar-refractivity contribution in [2.75, 3.05) is 12.3 Å². The van der Waals surface area contributed by atoms with E-state index in [9.17, 15) is 0 Å². The van der Waals surface area contributed by atoms with Crippen LogP contribution in [0.1, 0.15) is 17.3 Å². The van der Waals surface area contributed by atoms with Gasteiger partial charge in [-0.2, -0.15) is 9.97 Å². The van der Waals surface area contributed by atoms with Crippen LogP contribution in [-0.4, -0.2) is 31.5 Å². The fraction of sp³-hybridized carbons (Fsp3) is 0.400. The largest absolute Gasteiger partial charge is 0.368 e. The molecule has 0 aliphatic rings. The summed E-state index contributed by atoms with van der Waals surface area (Å²) in [7, 11) is 0. The van der Waals surface area contributed by atoms with E-state index in [-0.39, 0.29) is 5.95 Å². The first-order valence-corrected chi connectivity index (χ1v) is 5.34. The molecule has 0 aromatic carbocycles. The van der Waals surface area contributed by atoms with Crippen LogP contribution < -0.4 is 11.5 Å². The minimum Gasteiger partial charge on any atom is -0.368 e. The SMILES string of the molecule is Cc1nc(-c2nc(N)nc(CCN)n2)c(C)[nH]1. The highest BCUT2D eigenvalue weighted by atomic mass is 15.1. The molecule has 7 heteroatoms. The number of aromatic amines is 1. The van der Waals surface area contributed by atoms with Gasteiger partial charge in [-0.05, 0) is 20.4 Å². The molecule has 17 heavy (non-hydrogen) atoms. The molecule has 90 valence electrons. The van der Waals surface area contributed by atoms with Gasteiger partial charge in [-0.25, -0.2) is 9.97 Å². The van der Waals surface area contributed by atoms with Crippen molar-refractivity contribution >= 4 is 5.95 Å². The summed E-state index contributed by atoms with van der Waals surface area (Å²) >= 11 is 0. The fourth-order valence-electron chi connectivity index (χ4n) is 1.61. The van der Waals surface area contributed by atoms with Crippen LogP contribution in [0, 0.1) is 13.8 Å². The van der Waals surface area contributed by atoms with Crippen LogP contribution in [0.15, 0.2) is 0 Å². The van der Waals surface area contributed by atoms with Crippen LogP contribution in [0.3, 0.4) is 0 Å². The van der Waals surface area contributed by atoms with Gasteiger partial charge < -0.3 is 16.5 Å². The van der Waals surface area contributed by atoms with E-state index in [4.69, 9.17) is 11.5 Å². The molecule has 2 heterocycles. The standard InChI is InChI=1S/C10H15N7/c1-5-8(14-6(2)13-5)9-15-7(3-4-11)16-10(12)17-9/h3-4,11H2,1-2H3,(H,13,14)(H2,12,15,16,17). The van der Waals surface area contributed by atoms with Gasteiger partial charge in [-0.1, -0.05) is 0 Å². The van der Waals surface area contributed by atoms with E-state index in [1.54, 1.807) is 0 Å². The number of nitrogens with two attached hydrogens (primary N) is 2.